The van der Waals surface area contributed by atoms with Crippen LogP contribution in [0.2, 0.25) is 0 Å². The predicted molar refractivity (Wildman–Crippen MR) is 94.5 cm³/mol. The number of nitrogens with zero attached hydrogens (tertiary/aromatic N) is 1. The van der Waals surface area contributed by atoms with E-state index < -0.39 is 17.5 Å². The highest BCUT2D eigenvalue weighted by Crippen LogP contribution is 2.16. The van der Waals surface area contributed by atoms with Crippen LogP contribution < -0.4 is 10.9 Å². The van der Waals surface area contributed by atoms with Crippen LogP contribution in [0.25, 0.3) is 0 Å². The topological polar surface area (TPSA) is 82.3 Å². The fraction of sp³-hybridized carbons (Fsp3) is 0.316. The molecule has 0 saturated carbocycles. The van der Waals surface area contributed by atoms with Gasteiger partial charge in [-0.2, -0.15) is 0 Å². The number of amides is 2. The Kier molecular flexibility index (Phi) is 4.70. The zero-order chi connectivity index (χ0) is 18.0. The SMILES string of the molecule is Cc1cc(C)c(C(=O)N2CCNC(=O)C2Cc2ccccc2)c(=O)[nH]1. The summed E-state index contributed by atoms with van der Waals surface area (Å²) in [4.78, 5) is 41.9. The van der Waals surface area contributed by atoms with E-state index in [-0.39, 0.29) is 11.5 Å². The van der Waals surface area contributed by atoms with Gasteiger partial charge in [-0.3, -0.25) is 14.4 Å². The average molecular weight is 339 g/mol. The number of hydrogen-bond donors (Lipinski definition) is 2. The number of pyridine rings is 1. The second-order valence-electron chi connectivity index (χ2n) is 6.33. The third-order valence-electron chi connectivity index (χ3n) is 4.44. The minimum atomic E-state index is -0.622. The minimum absolute atomic E-state index is 0.110. The fourth-order valence-electron chi connectivity index (χ4n) is 3.26. The minimum Gasteiger partial charge on any atom is -0.353 e. The average Bonchev–Trinajstić information content (AvgIpc) is 2.56. The van der Waals surface area contributed by atoms with Crippen LogP contribution in [0, 0.1) is 13.8 Å². The van der Waals surface area contributed by atoms with E-state index in [1.807, 2.05) is 30.3 Å². The van der Waals surface area contributed by atoms with Gasteiger partial charge in [-0.25, -0.2) is 0 Å². The fourth-order valence-corrected chi connectivity index (χ4v) is 3.26. The number of nitrogens with one attached hydrogen (secondary N) is 2. The third kappa shape index (κ3) is 3.47. The molecule has 1 fully saturated rings. The highest BCUT2D eigenvalue weighted by atomic mass is 16.2. The Bertz CT molecular complexity index is 858. The van der Waals surface area contributed by atoms with Crippen LogP contribution in [-0.4, -0.2) is 40.8 Å². The number of aromatic nitrogens is 1. The molecule has 1 unspecified atom stereocenters. The molecular formula is C19H21N3O3. The van der Waals surface area contributed by atoms with Crippen LogP contribution in [-0.2, 0) is 11.2 Å². The molecule has 2 N–H and O–H groups in total. The highest BCUT2D eigenvalue weighted by molar-refractivity contribution is 5.99. The Labute approximate surface area is 145 Å². The molecule has 2 heterocycles. The first-order valence-electron chi connectivity index (χ1n) is 8.30. The van der Waals surface area contributed by atoms with E-state index in [9.17, 15) is 14.4 Å². The lowest BCUT2D eigenvalue weighted by molar-refractivity contribution is -0.127. The van der Waals surface area contributed by atoms with E-state index in [0.717, 1.165) is 5.56 Å². The Hall–Kier alpha value is -2.89. The van der Waals surface area contributed by atoms with E-state index in [0.29, 0.717) is 30.8 Å². The van der Waals surface area contributed by atoms with E-state index >= 15 is 0 Å². The quantitative estimate of drug-likeness (QED) is 0.881. The summed E-state index contributed by atoms with van der Waals surface area (Å²) in [5.74, 6) is -0.584. The lowest BCUT2D eigenvalue weighted by Gasteiger charge is -2.35. The van der Waals surface area contributed by atoms with Crippen LogP contribution in [0.1, 0.15) is 27.2 Å². The normalized spacial score (nSPS) is 17.3. The molecule has 1 aliphatic heterocycles. The number of rotatable bonds is 3. The molecule has 0 aliphatic carbocycles. The zero-order valence-corrected chi connectivity index (χ0v) is 14.3. The summed E-state index contributed by atoms with van der Waals surface area (Å²) >= 11 is 0. The predicted octanol–water partition coefficient (Wildman–Crippen LogP) is 1.18. The largest absolute Gasteiger partial charge is 0.353 e. The smallest absolute Gasteiger partial charge is 0.261 e. The van der Waals surface area contributed by atoms with E-state index in [1.54, 1.807) is 19.9 Å². The van der Waals surface area contributed by atoms with Gasteiger partial charge < -0.3 is 15.2 Å². The van der Waals surface area contributed by atoms with Crippen molar-refractivity contribution < 1.29 is 9.59 Å². The van der Waals surface area contributed by atoms with Gasteiger partial charge >= 0.3 is 0 Å². The van der Waals surface area contributed by atoms with Crippen molar-refractivity contribution in [2.24, 2.45) is 0 Å². The lowest BCUT2D eigenvalue weighted by atomic mass is 10.0. The number of benzene rings is 1. The number of carbonyl (C=O) groups excluding carboxylic acids is 2. The first kappa shape index (κ1) is 17.0. The molecule has 1 saturated heterocycles. The van der Waals surface area contributed by atoms with E-state index in [2.05, 4.69) is 10.3 Å². The van der Waals surface area contributed by atoms with Crippen LogP contribution >= 0.6 is 0 Å². The molecule has 3 rings (SSSR count). The summed E-state index contributed by atoms with van der Waals surface area (Å²) < 4.78 is 0. The van der Waals surface area contributed by atoms with Gasteiger partial charge in [0.25, 0.3) is 11.5 Å². The maximum Gasteiger partial charge on any atom is 0.261 e. The molecule has 2 amide bonds. The van der Waals surface area contributed by atoms with Crippen molar-refractivity contribution in [2.45, 2.75) is 26.3 Å². The Morgan fingerprint density at radius 2 is 1.92 bits per heavy atom. The van der Waals surface area contributed by atoms with Crippen LogP contribution in [0.4, 0.5) is 0 Å². The van der Waals surface area contributed by atoms with Crippen LogP contribution in [0.5, 0.6) is 0 Å². The van der Waals surface area contributed by atoms with E-state index in [4.69, 9.17) is 0 Å². The molecular weight excluding hydrogens is 318 g/mol. The monoisotopic (exact) mass is 339 g/mol. The Morgan fingerprint density at radius 3 is 2.60 bits per heavy atom. The summed E-state index contributed by atoms with van der Waals surface area (Å²) in [7, 11) is 0. The number of carbonyl (C=O) groups is 2. The molecule has 6 nitrogen and oxygen atoms in total. The molecule has 1 aliphatic rings. The number of aryl methyl sites for hydroxylation is 2. The molecule has 1 aromatic heterocycles. The first-order chi connectivity index (χ1) is 12.0. The van der Waals surface area contributed by atoms with Gasteiger partial charge in [-0.15, -0.1) is 0 Å². The van der Waals surface area contributed by atoms with Gasteiger partial charge in [-0.05, 0) is 31.0 Å². The van der Waals surface area contributed by atoms with Gasteiger partial charge in [0.15, 0.2) is 0 Å². The van der Waals surface area contributed by atoms with Gasteiger partial charge in [-0.1, -0.05) is 30.3 Å². The van der Waals surface area contributed by atoms with Gasteiger partial charge in [0.05, 0.1) is 0 Å². The van der Waals surface area contributed by atoms with Crippen molar-refractivity contribution in [1.29, 1.82) is 0 Å². The summed E-state index contributed by atoms with van der Waals surface area (Å²) in [6.07, 6.45) is 0.418. The summed E-state index contributed by atoms with van der Waals surface area (Å²) in [5, 5.41) is 2.81. The molecule has 0 radical (unpaired) electrons. The van der Waals surface area contributed by atoms with Crippen LogP contribution in [0.3, 0.4) is 0 Å². The second kappa shape index (κ2) is 6.93. The first-order valence-corrected chi connectivity index (χ1v) is 8.30. The van der Waals surface area contributed by atoms with E-state index in [1.165, 1.54) is 4.90 Å². The molecule has 1 atom stereocenters. The number of H-pyrrole nitrogens is 1. The highest BCUT2D eigenvalue weighted by Gasteiger charge is 2.35. The van der Waals surface area contributed by atoms with Gasteiger partial charge in [0.1, 0.15) is 11.6 Å². The molecule has 6 heteroatoms. The molecule has 2 aromatic rings. The molecule has 0 spiro atoms. The second-order valence-corrected chi connectivity index (χ2v) is 6.33. The number of piperazine rings is 1. The van der Waals surface area contributed by atoms with Crippen molar-refractivity contribution in [1.82, 2.24) is 15.2 Å². The lowest BCUT2D eigenvalue weighted by Crippen LogP contribution is -2.58. The number of aromatic amines is 1. The molecule has 1 aromatic carbocycles. The van der Waals surface area contributed by atoms with Gasteiger partial charge in [0, 0.05) is 25.2 Å². The standard InChI is InChI=1S/C19H21N3O3/c1-12-10-13(2)21-18(24)16(12)19(25)22-9-8-20-17(23)15(22)11-14-6-4-3-5-7-14/h3-7,10,15H,8-9,11H2,1-2H3,(H,20,23)(H,21,24). The van der Waals surface area contributed by atoms with Crippen molar-refractivity contribution in [3.8, 4) is 0 Å². The Balaban J connectivity index is 1.94. The van der Waals surface area contributed by atoms with Gasteiger partial charge in [0.2, 0.25) is 5.91 Å². The van der Waals surface area contributed by atoms with Crippen molar-refractivity contribution in [3.63, 3.8) is 0 Å². The maximum atomic E-state index is 13.0. The van der Waals surface area contributed by atoms with Crippen molar-refractivity contribution >= 4 is 11.8 Å². The number of hydrogen-bond acceptors (Lipinski definition) is 3. The molecule has 130 valence electrons. The summed E-state index contributed by atoms with van der Waals surface area (Å²) in [5.41, 5.74) is 1.99. The summed E-state index contributed by atoms with van der Waals surface area (Å²) in [6.45, 7) is 4.29. The van der Waals surface area contributed by atoms with Crippen molar-refractivity contribution in [2.75, 3.05) is 13.1 Å². The third-order valence-corrected chi connectivity index (χ3v) is 4.44. The molecule has 0 bridgehead atoms. The maximum absolute atomic E-state index is 13.0. The Morgan fingerprint density at radius 1 is 1.20 bits per heavy atom. The molecule has 25 heavy (non-hydrogen) atoms. The zero-order valence-electron chi connectivity index (χ0n) is 14.3. The summed E-state index contributed by atoms with van der Waals surface area (Å²) in [6, 6.07) is 10.7. The van der Waals surface area contributed by atoms with Crippen LogP contribution in [0.15, 0.2) is 41.2 Å². The van der Waals surface area contributed by atoms with Crippen molar-refractivity contribution in [3.05, 3.63) is 69.1 Å².